The van der Waals surface area contributed by atoms with Crippen LogP contribution in [0.1, 0.15) is 30.0 Å². The third-order valence-corrected chi connectivity index (χ3v) is 4.94. The Balaban J connectivity index is 1.45. The van der Waals surface area contributed by atoms with Gasteiger partial charge in [0.15, 0.2) is 5.11 Å². The fraction of sp³-hybridized carbons (Fsp3) is 0.381. The quantitative estimate of drug-likeness (QED) is 0.614. The average Bonchev–Trinajstić information content (AvgIpc) is 2.86. The third-order valence-electron chi connectivity index (χ3n) is 4.69. The van der Waals surface area contributed by atoms with Crippen molar-refractivity contribution < 1.29 is 0 Å². The summed E-state index contributed by atoms with van der Waals surface area (Å²) in [6.45, 7) is 8.44. The van der Waals surface area contributed by atoms with Crippen LogP contribution >= 0.6 is 12.2 Å². The zero-order valence-corrected chi connectivity index (χ0v) is 16.1. The molecule has 3 rings (SSSR count). The molecule has 2 N–H and O–H groups in total. The fourth-order valence-electron chi connectivity index (χ4n) is 3.64. The molecule has 0 spiro atoms. The van der Waals surface area contributed by atoms with Crippen LogP contribution in [-0.4, -0.2) is 24.2 Å². The Morgan fingerprint density at radius 1 is 1.16 bits per heavy atom. The van der Waals surface area contributed by atoms with Crippen molar-refractivity contribution >= 4 is 28.7 Å². The summed E-state index contributed by atoms with van der Waals surface area (Å²) in [5.74, 6) is 0. The van der Waals surface area contributed by atoms with E-state index in [9.17, 15) is 0 Å². The van der Waals surface area contributed by atoms with E-state index in [1.165, 1.54) is 22.4 Å². The molecule has 0 aromatic heterocycles. The normalized spacial score (nSPS) is 15.8. The molecule has 1 aliphatic rings. The summed E-state index contributed by atoms with van der Waals surface area (Å²) in [6.07, 6.45) is 2.21. The van der Waals surface area contributed by atoms with Crippen molar-refractivity contribution in [2.24, 2.45) is 0 Å². The van der Waals surface area contributed by atoms with Crippen LogP contribution in [0.2, 0.25) is 0 Å². The lowest BCUT2D eigenvalue weighted by molar-refractivity contribution is 0.641. The van der Waals surface area contributed by atoms with Crippen molar-refractivity contribution in [3.8, 4) is 0 Å². The molecule has 2 aromatic rings. The number of fused-ring (bicyclic) bond motifs is 1. The first-order valence-electron chi connectivity index (χ1n) is 9.00. The Bertz CT molecular complexity index is 736. The molecule has 0 aliphatic carbocycles. The lowest BCUT2D eigenvalue weighted by Gasteiger charge is -2.25. The highest BCUT2D eigenvalue weighted by Gasteiger charge is 2.24. The summed E-state index contributed by atoms with van der Waals surface area (Å²) >= 11 is 5.42. The molecule has 0 saturated heterocycles. The number of nitrogens with one attached hydrogen (secondary N) is 2. The van der Waals surface area contributed by atoms with Gasteiger partial charge in [-0.15, -0.1) is 0 Å². The maximum atomic E-state index is 5.42. The Morgan fingerprint density at radius 2 is 1.88 bits per heavy atom. The Labute approximate surface area is 156 Å². The van der Waals surface area contributed by atoms with E-state index in [1.807, 2.05) is 0 Å². The van der Waals surface area contributed by atoms with Gasteiger partial charge < -0.3 is 15.5 Å². The Kier molecular flexibility index (Phi) is 5.59. The lowest BCUT2D eigenvalue weighted by atomic mass is 10.1. The second-order valence-corrected chi connectivity index (χ2v) is 7.39. The number of anilines is 2. The van der Waals surface area contributed by atoms with E-state index < -0.39 is 0 Å². The number of thiocarbonyl (C=S) groups is 1. The predicted octanol–water partition coefficient (Wildman–Crippen LogP) is 4.43. The lowest BCUT2D eigenvalue weighted by Crippen LogP contribution is -2.34. The largest absolute Gasteiger partial charge is 0.368 e. The first kappa shape index (κ1) is 17.7. The topological polar surface area (TPSA) is 27.3 Å². The monoisotopic (exact) mass is 353 g/mol. The van der Waals surface area contributed by atoms with E-state index in [0.717, 1.165) is 31.6 Å². The van der Waals surface area contributed by atoms with Gasteiger partial charge in [0.2, 0.25) is 0 Å². The molecule has 4 heteroatoms. The van der Waals surface area contributed by atoms with Crippen LogP contribution in [0, 0.1) is 13.8 Å². The predicted molar refractivity (Wildman–Crippen MR) is 112 cm³/mol. The molecule has 0 saturated carbocycles. The van der Waals surface area contributed by atoms with Crippen LogP contribution in [0.15, 0.2) is 42.5 Å². The van der Waals surface area contributed by atoms with Crippen LogP contribution in [0.4, 0.5) is 11.4 Å². The average molecular weight is 354 g/mol. The molecule has 3 nitrogen and oxygen atoms in total. The number of para-hydroxylation sites is 1. The van der Waals surface area contributed by atoms with E-state index in [1.54, 1.807) is 0 Å². The van der Waals surface area contributed by atoms with Crippen molar-refractivity contribution in [2.75, 3.05) is 23.3 Å². The molecule has 25 heavy (non-hydrogen) atoms. The molecular weight excluding hydrogens is 326 g/mol. The van der Waals surface area contributed by atoms with Gasteiger partial charge in [0.25, 0.3) is 0 Å². The minimum Gasteiger partial charge on any atom is -0.368 e. The summed E-state index contributed by atoms with van der Waals surface area (Å²) in [6, 6.07) is 15.7. The molecule has 0 unspecified atom stereocenters. The van der Waals surface area contributed by atoms with E-state index in [-0.39, 0.29) is 0 Å². The van der Waals surface area contributed by atoms with E-state index in [4.69, 9.17) is 12.2 Å². The summed E-state index contributed by atoms with van der Waals surface area (Å²) < 4.78 is 0. The van der Waals surface area contributed by atoms with Gasteiger partial charge in [-0.25, -0.2) is 0 Å². The molecule has 1 atom stereocenters. The van der Waals surface area contributed by atoms with Gasteiger partial charge in [-0.3, -0.25) is 0 Å². The molecule has 0 radical (unpaired) electrons. The Morgan fingerprint density at radius 3 is 2.64 bits per heavy atom. The van der Waals surface area contributed by atoms with Gasteiger partial charge in [0.1, 0.15) is 0 Å². The number of benzene rings is 2. The summed E-state index contributed by atoms with van der Waals surface area (Å²) in [5.41, 5.74) is 6.40. The minimum absolute atomic E-state index is 0.581. The van der Waals surface area contributed by atoms with Gasteiger partial charge in [-0.2, -0.15) is 0 Å². The molecule has 0 bridgehead atoms. The molecule has 132 valence electrons. The van der Waals surface area contributed by atoms with Gasteiger partial charge in [0.05, 0.1) is 0 Å². The molecule has 1 heterocycles. The van der Waals surface area contributed by atoms with Crippen LogP contribution in [0.25, 0.3) is 0 Å². The number of nitrogens with zero attached hydrogens (tertiary/aromatic N) is 1. The molecule has 1 aliphatic heterocycles. The van der Waals surface area contributed by atoms with Crippen LogP contribution < -0.4 is 15.5 Å². The molecular formula is C21H27N3S. The van der Waals surface area contributed by atoms with E-state index in [0.29, 0.717) is 11.2 Å². The highest BCUT2D eigenvalue weighted by molar-refractivity contribution is 7.80. The fourth-order valence-corrected chi connectivity index (χ4v) is 3.86. The standard InChI is InChI=1S/C21H27N3S/c1-15-11-16(2)13-19(12-15)23-21(25)22-9-6-10-24-17(3)14-18-7-4-5-8-20(18)24/h4-5,7-8,11-13,17H,6,9-10,14H2,1-3H3,(H2,22,23,25)/t17-/m0/s1. The summed E-state index contributed by atoms with van der Waals surface area (Å²) in [5, 5.41) is 7.30. The SMILES string of the molecule is Cc1cc(C)cc(NC(=S)NCCCN2c3ccccc3C[C@@H]2C)c1. The highest BCUT2D eigenvalue weighted by Crippen LogP contribution is 2.31. The second-order valence-electron chi connectivity index (χ2n) is 6.99. The van der Waals surface area contributed by atoms with Gasteiger partial charge >= 0.3 is 0 Å². The zero-order valence-electron chi connectivity index (χ0n) is 15.3. The number of hydrogen-bond donors (Lipinski definition) is 2. The van der Waals surface area contributed by atoms with Crippen molar-refractivity contribution in [2.45, 2.75) is 39.7 Å². The van der Waals surface area contributed by atoms with Crippen molar-refractivity contribution in [1.82, 2.24) is 5.32 Å². The number of hydrogen-bond acceptors (Lipinski definition) is 2. The smallest absolute Gasteiger partial charge is 0.170 e. The third kappa shape index (κ3) is 4.51. The maximum absolute atomic E-state index is 5.42. The van der Waals surface area contributed by atoms with Crippen LogP contribution in [0.3, 0.4) is 0 Å². The van der Waals surface area contributed by atoms with Crippen LogP contribution in [-0.2, 0) is 6.42 Å². The maximum Gasteiger partial charge on any atom is 0.170 e. The first-order chi connectivity index (χ1) is 12.0. The summed E-state index contributed by atoms with van der Waals surface area (Å²) in [7, 11) is 0. The second kappa shape index (κ2) is 7.87. The van der Waals surface area contributed by atoms with Crippen LogP contribution in [0.5, 0.6) is 0 Å². The number of rotatable bonds is 5. The van der Waals surface area contributed by atoms with Crippen molar-refractivity contribution in [3.05, 3.63) is 59.2 Å². The van der Waals surface area contributed by atoms with Gasteiger partial charge in [0, 0.05) is 30.5 Å². The first-order valence-corrected chi connectivity index (χ1v) is 9.41. The van der Waals surface area contributed by atoms with E-state index >= 15 is 0 Å². The van der Waals surface area contributed by atoms with Crippen molar-refractivity contribution in [3.63, 3.8) is 0 Å². The Hall–Kier alpha value is -2.07. The summed E-state index contributed by atoms with van der Waals surface area (Å²) in [4.78, 5) is 2.51. The molecule has 0 amide bonds. The highest BCUT2D eigenvalue weighted by atomic mass is 32.1. The minimum atomic E-state index is 0.581. The van der Waals surface area contributed by atoms with Gasteiger partial charge in [-0.1, -0.05) is 24.3 Å². The van der Waals surface area contributed by atoms with E-state index in [2.05, 4.69) is 78.8 Å². The molecule has 2 aromatic carbocycles. The molecule has 0 fully saturated rings. The van der Waals surface area contributed by atoms with Gasteiger partial charge in [-0.05, 0) is 80.7 Å². The number of aryl methyl sites for hydroxylation is 2. The zero-order chi connectivity index (χ0) is 17.8. The van der Waals surface area contributed by atoms with Crippen molar-refractivity contribution in [1.29, 1.82) is 0 Å².